The van der Waals surface area contributed by atoms with Crippen LogP contribution in [0.1, 0.15) is 5.76 Å². The highest BCUT2D eigenvalue weighted by molar-refractivity contribution is 5.90. The van der Waals surface area contributed by atoms with Crippen molar-refractivity contribution in [2.75, 3.05) is 6.54 Å². The lowest BCUT2D eigenvalue weighted by molar-refractivity contribution is -0.148. The van der Waals surface area contributed by atoms with E-state index in [9.17, 15) is 14.7 Å². The van der Waals surface area contributed by atoms with Gasteiger partial charge < -0.3 is 19.2 Å². The summed E-state index contributed by atoms with van der Waals surface area (Å²) in [7, 11) is 0. The highest BCUT2D eigenvalue weighted by atomic mass is 16.5. The number of hydrogen-bond donors (Lipinski definition) is 1. The van der Waals surface area contributed by atoms with Crippen molar-refractivity contribution >= 4 is 11.9 Å². The molecule has 20 heavy (non-hydrogen) atoms. The smallest absolute Gasteiger partial charge is 0.310 e. The molecule has 1 spiro atoms. The van der Waals surface area contributed by atoms with Crippen LogP contribution < -0.4 is 0 Å². The fourth-order valence-corrected chi connectivity index (χ4v) is 3.58. The molecule has 0 unspecified atom stereocenters. The van der Waals surface area contributed by atoms with Gasteiger partial charge in [0.15, 0.2) is 0 Å². The van der Waals surface area contributed by atoms with E-state index in [-0.39, 0.29) is 5.91 Å². The molecular formula is C14H13NO5. The Morgan fingerprint density at radius 1 is 1.55 bits per heavy atom. The summed E-state index contributed by atoms with van der Waals surface area (Å²) in [5.41, 5.74) is -0.766. The first-order chi connectivity index (χ1) is 9.61. The molecule has 1 N–H and O–H groups in total. The number of likely N-dealkylation sites (tertiary alicyclic amines) is 1. The van der Waals surface area contributed by atoms with Gasteiger partial charge in [0.05, 0.1) is 31.4 Å². The predicted molar refractivity (Wildman–Crippen MR) is 65.5 cm³/mol. The van der Waals surface area contributed by atoms with Crippen molar-refractivity contribution in [3.05, 3.63) is 36.3 Å². The molecule has 2 bridgehead atoms. The third kappa shape index (κ3) is 1.37. The van der Waals surface area contributed by atoms with Crippen LogP contribution in [0.4, 0.5) is 0 Å². The molecule has 104 valence electrons. The number of amides is 1. The number of aliphatic carboxylic acids is 1. The second-order valence-corrected chi connectivity index (χ2v) is 5.51. The van der Waals surface area contributed by atoms with Crippen LogP contribution in [0.3, 0.4) is 0 Å². The molecule has 3 aliphatic rings. The second kappa shape index (κ2) is 3.73. The number of carboxylic acid groups (broad SMARTS) is 1. The minimum atomic E-state index is -0.973. The topological polar surface area (TPSA) is 80.0 Å². The van der Waals surface area contributed by atoms with Gasteiger partial charge in [-0.05, 0) is 12.1 Å². The molecule has 0 aromatic carbocycles. The van der Waals surface area contributed by atoms with Gasteiger partial charge in [-0.15, -0.1) is 0 Å². The van der Waals surface area contributed by atoms with Gasteiger partial charge in [-0.2, -0.15) is 0 Å². The number of hydrogen-bond acceptors (Lipinski definition) is 4. The molecule has 1 aromatic heterocycles. The molecule has 1 amide bonds. The Morgan fingerprint density at radius 3 is 3.10 bits per heavy atom. The summed E-state index contributed by atoms with van der Waals surface area (Å²) in [5.74, 6) is -1.86. The molecule has 4 heterocycles. The Labute approximate surface area is 114 Å². The Hall–Kier alpha value is -2.08. The number of ether oxygens (including phenoxy) is 1. The van der Waals surface area contributed by atoms with Crippen molar-refractivity contribution in [3.8, 4) is 0 Å². The Morgan fingerprint density at radius 2 is 2.40 bits per heavy atom. The van der Waals surface area contributed by atoms with Gasteiger partial charge >= 0.3 is 5.97 Å². The summed E-state index contributed by atoms with van der Waals surface area (Å²) in [6.07, 6.45) is 4.69. The SMILES string of the molecule is O=C(O)[C@@H]1[C@H]2C=C[C@@]3(CN(Cc4ccco4)C(=O)[C@@H]13)O2. The molecular weight excluding hydrogens is 262 g/mol. The van der Waals surface area contributed by atoms with Gasteiger partial charge in [0.2, 0.25) is 5.91 Å². The molecule has 0 aliphatic carbocycles. The maximum absolute atomic E-state index is 12.5. The van der Waals surface area contributed by atoms with Gasteiger partial charge in [-0.3, -0.25) is 9.59 Å². The third-order valence-corrected chi connectivity index (χ3v) is 4.39. The first-order valence-corrected chi connectivity index (χ1v) is 6.52. The quantitative estimate of drug-likeness (QED) is 0.819. The van der Waals surface area contributed by atoms with E-state index in [4.69, 9.17) is 9.15 Å². The first-order valence-electron chi connectivity index (χ1n) is 6.52. The molecule has 3 aliphatic heterocycles. The second-order valence-electron chi connectivity index (χ2n) is 5.51. The molecule has 2 fully saturated rings. The molecule has 1 aromatic rings. The molecule has 0 radical (unpaired) electrons. The molecule has 6 heteroatoms. The normalized spacial score (nSPS) is 37.7. The van der Waals surface area contributed by atoms with Crippen LogP contribution in [0.5, 0.6) is 0 Å². The molecule has 2 saturated heterocycles. The van der Waals surface area contributed by atoms with Crippen LogP contribution in [0.25, 0.3) is 0 Å². The van der Waals surface area contributed by atoms with Gasteiger partial charge in [0, 0.05) is 0 Å². The summed E-state index contributed by atoms with van der Waals surface area (Å²) >= 11 is 0. The number of carboxylic acids is 1. The third-order valence-electron chi connectivity index (χ3n) is 4.39. The Bertz CT molecular complexity index is 607. The van der Waals surface area contributed by atoms with Crippen LogP contribution in [0.15, 0.2) is 35.0 Å². The number of nitrogens with zero attached hydrogens (tertiary/aromatic N) is 1. The lowest BCUT2D eigenvalue weighted by Crippen LogP contribution is -2.39. The molecule has 4 atom stereocenters. The standard InChI is InChI=1S/C14H13NO5/c16-12-11-10(13(17)18)9-3-4-14(11,20-9)7-15(12)6-8-2-1-5-19-8/h1-5,9-11H,6-7H2,(H,17,18)/t9-,10-,11-,14+/m1/s1. The number of fused-ring (bicyclic) bond motifs is 1. The van der Waals surface area contributed by atoms with Crippen LogP contribution >= 0.6 is 0 Å². The zero-order valence-corrected chi connectivity index (χ0v) is 10.6. The number of carbonyl (C=O) groups excluding carboxylic acids is 1. The number of furan rings is 1. The minimum absolute atomic E-state index is 0.166. The van der Waals surface area contributed by atoms with E-state index in [1.165, 1.54) is 0 Å². The average Bonchev–Trinajstić information content (AvgIpc) is 3.12. The van der Waals surface area contributed by atoms with Crippen molar-refractivity contribution in [1.29, 1.82) is 0 Å². The van der Waals surface area contributed by atoms with Gasteiger partial charge in [0.1, 0.15) is 17.3 Å². The lowest BCUT2D eigenvalue weighted by atomic mass is 9.77. The molecule has 4 rings (SSSR count). The van der Waals surface area contributed by atoms with E-state index >= 15 is 0 Å². The Kier molecular flexibility index (Phi) is 2.18. The first kappa shape index (κ1) is 11.7. The summed E-state index contributed by atoms with van der Waals surface area (Å²) in [6, 6.07) is 3.55. The predicted octanol–water partition coefficient (Wildman–Crippen LogP) is 0.646. The molecule has 0 saturated carbocycles. The van der Waals surface area contributed by atoms with E-state index in [0.29, 0.717) is 18.8 Å². The largest absolute Gasteiger partial charge is 0.481 e. The van der Waals surface area contributed by atoms with E-state index in [1.54, 1.807) is 29.4 Å². The summed E-state index contributed by atoms with van der Waals surface area (Å²) in [5, 5.41) is 9.34. The van der Waals surface area contributed by atoms with Gasteiger partial charge in [-0.25, -0.2) is 0 Å². The van der Waals surface area contributed by atoms with Crippen molar-refractivity contribution in [2.45, 2.75) is 18.2 Å². The van der Waals surface area contributed by atoms with Crippen molar-refractivity contribution in [1.82, 2.24) is 4.90 Å². The van der Waals surface area contributed by atoms with Crippen molar-refractivity contribution in [3.63, 3.8) is 0 Å². The lowest BCUT2D eigenvalue weighted by Gasteiger charge is -2.21. The fraction of sp³-hybridized carbons (Fsp3) is 0.429. The van der Waals surface area contributed by atoms with Crippen LogP contribution in [-0.4, -0.2) is 40.1 Å². The van der Waals surface area contributed by atoms with E-state index < -0.39 is 29.5 Å². The van der Waals surface area contributed by atoms with Crippen molar-refractivity contribution in [2.24, 2.45) is 11.8 Å². The van der Waals surface area contributed by atoms with Crippen LogP contribution in [0, 0.1) is 11.8 Å². The van der Waals surface area contributed by atoms with E-state index in [2.05, 4.69) is 0 Å². The average molecular weight is 275 g/mol. The highest BCUT2D eigenvalue weighted by Gasteiger charge is 2.67. The fourth-order valence-electron chi connectivity index (χ4n) is 3.58. The van der Waals surface area contributed by atoms with Crippen LogP contribution in [-0.2, 0) is 20.9 Å². The zero-order chi connectivity index (χ0) is 13.9. The summed E-state index contributed by atoms with van der Waals surface area (Å²) in [4.78, 5) is 25.5. The van der Waals surface area contributed by atoms with Crippen molar-refractivity contribution < 1.29 is 23.8 Å². The molecule has 6 nitrogen and oxygen atoms in total. The maximum Gasteiger partial charge on any atom is 0.310 e. The number of carbonyl (C=O) groups is 2. The number of rotatable bonds is 3. The van der Waals surface area contributed by atoms with Gasteiger partial charge in [0.25, 0.3) is 0 Å². The zero-order valence-electron chi connectivity index (χ0n) is 10.6. The minimum Gasteiger partial charge on any atom is -0.481 e. The summed E-state index contributed by atoms with van der Waals surface area (Å²) in [6.45, 7) is 0.728. The highest BCUT2D eigenvalue weighted by Crippen LogP contribution is 2.52. The van der Waals surface area contributed by atoms with Crippen LogP contribution in [0.2, 0.25) is 0 Å². The Balaban J connectivity index is 1.65. The monoisotopic (exact) mass is 275 g/mol. The summed E-state index contributed by atoms with van der Waals surface area (Å²) < 4.78 is 11.0. The van der Waals surface area contributed by atoms with E-state index in [1.807, 2.05) is 6.08 Å². The van der Waals surface area contributed by atoms with Gasteiger partial charge in [-0.1, -0.05) is 12.2 Å². The maximum atomic E-state index is 12.5. The van der Waals surface area contributed by atoms with E-state index in [0.717, 1.165) is 0 Å².